The zero-order chi connectivity index (χ0) is 15.7. The lowest BCUT2D eigenvalue weighted by Crippen LogP contribution is -2.57. The molecule has 0 heterocycles. The second-order valence-electron chi connectivity index (χ2n) is 8.86. The first kappa shape index (κ1) is 15.1. The average molecular weight is 308 g/mol. The molecule has 0 radical (unpaired) electrons. The summed E-state index contributed by atoms with van der Waals surface area (Å²) < 4.78 is 15.0. The minimum absolute atomic E-state index is 0.0835. The molecule has 4 rings (SSSR count). The van der Waals surface area contributed by atoms with Crippen LogP contribution in [0.3, 0.4) is 0 Å². The van der Waals surface area contributed by atoms with E-state index < -0.39 is 23.8 Å². The van der Waals surface area contributed by atoms with Gasteiger partial charge in [0.05, 0.1) is 6.10 Å². The van der Waals surface area contributed by atoms with Crippen LogP contribution in [0, 0.1) is 28.6 Å². The minimum atomic E-state index is -1.03. The molecule has 0 aliphatic heterocycles. The van der Waals surface area contributed by atoms with Crippen LogP contribution in [-0.4, -0.2) is 28.6 Å². The zero-order valence-electron chi connectivity index (χ0n) is 13.8. The zero-order valence-corrected chi connectivity index (χ0v) is 13.8. The molecular formula is C19H29FO2. The molecule has 124 valence electrons. The van der Waals surface area contributed by atoms with Crippen molar-refractivity contribution >= 4 is 0 Å². The highest BCUT2D eigenvalue weighted by Crippen LogP contribution is 2.65. The van der Waals surface area contributed by atoms with Crippen molar-refractivity contribution in [2.75, 3.05) is 0 Å². The fraction of sp³-hybridized carbons (Fsp3) is 0.895. The Balaban J connectivity index is 1.74. The van der Waals surface area contributed by atoms with Gasteiger partial charge < -0.3 is 10.2 Å². The molecule has 2 nitrogen and oxygen atoms in total. The highest BCUT2D eigenvalue weighted by Gasteiger charge is 2.60. The number of aliphatic hydroxyl groups is 2. The van der Waals surface area contributed by atoms with Crippen molar-refractivity contribution in [1.29, 1.82) is 0 Å². The van der Waals surface area contributed by atoms with Gasteiger partial charge in [0.25, 0.3) is 0 Å². The van der Waals surface area contributed by atoms with E-state index in [1.807, 2.05) is 6.92 Å². The third kappa shape index (κ3) is 1.78. The lowest BCUT2D eigenvalue weighted by atomic mass is 9.47. The molecule has 2 N–H and O–H groups in total. The van der Waals surface area contributed by atoms with Crippen LogP contribution >= 0.6 is 0 Å². The van der Waals surface area contributed by atoms with Gasteiger partial charge in [-0.25, -0.2) is 4.39 Å². The molecule has 4 aliphatic carbocycles. The summed E-state index contributed by atoms with van der Waals surface area (Å²) in [4.78, 5) is 0. The fourth-order valence-electron chi connectivity index (χ4n) is 6.70. The molecule has 22 heavy (non-hydrogen) atoms. The SMILES string of the molecule is C[C@@]12CCC[C@H]1[C@@H]1CC=C3[C@H](O)[C@@H](O)C[C@H](F)[C@]3(C)[C@H]1CC2. The number of aliphatic hydroxyl groups excluding tert-OH is 2. The van der Waals surface area contributed by atoms with Gasteiger partial charge in [-0.15, -0.1) is 0 Å². The summed E-state index contributed by atoms with van der Waals surface area (Å²) in [5.41, 5.74) is 0.689. The molecule has 3 heteroatoms. The van der Waals surface area contributed by atoms with Gasteiger partial charge in [-0.1, -0.05) is 26.3 Å². The molecule has 0 bridgehead atoms. The molecule has 0 aromatic carbocycles. The van der Waals surface area contributed by atoms with E-state index in [1.165, 1.54) is 25.7 Å². The van der Waals surface area contributed by atoms with Crippen LogP contribution in [0.2, 0.25) is 0 Å². The van der Waals surface area contributed by atoms with Gasteiger partial charge in [0.1, 0.15) is 12.3 Å². The third-order valence-corrected chi connectivity index (χ3v) is 8.00. The van der Waals surface area contributed by atoms with E-state index in [0.717, 1.165) is 24.3 Å². The van der Waals surface area contributed by atoms with Gasteiger partial charge in [-0.05, 0) is 60.8 Å². The van der Waals surface area contributed by atoms with Crippen molar-refractivity contribution in [2.24, 2.45) is 28.6 Å². The molecular weight excluding hydrogens is 279 g/mol. The Morgan fingerprint density at radius 1 is 1.14 bits per heavy atom. The number of hydrogen-bond acceptors (Lipinski definition) is 2. The number of rotatable bonds is 0. The highest BCUT2D eigenvalue weighted by molar-refractivity contribution is 5.31. The van der Waals surface area contributed by atoms with Crippen LogP contribution in [0.25, 0.3) is 0 Å². The monoisotopic (exact) mass is 308 g/mol. The van der Waals surface area contributed by atoms with Gasteiger partial charge in [-0.2, -0.15) is 0 Å². The molecule has 0 amide bonds. The first-order valence-electron chi connectivity index (χ1n) is 9.08. The van der Waals surface area contributed by atoms with E-state index in [4.69, 9.17) is 0 Å². The summed E-state index contributed by atoms with van der Waals surface area (Å²) in [5.74, 6) is 1.62. The van der Waals surface area contributed by atoms with Crippen molar-refractivity contribution in [3.05, 3.63) is 11.6 Å². The van der Waals surface area contributed by atoms with Crippen molar-refractivity contribution in [3.63, 3.8) is 0 Å². The average Bonchev–Trinajstić information content (AvgIpc) is 2.87. The molecule has 0 saturated heterocycles. The quantitative estimate of drug-likeness (QED) is 0.671. The van der Waals surface area contributed by atoms with Crippen molar-refractivity contribution in [2.45, 2.75) is 77.2 Å². The van der Waals surface area contributed by atoms with Crippen LogP contribution in [0.5, 0.6) is 0 Å². The maximum absolute atomic E-state index is 15.0. The molecule has 0 unspecified atom stereocenters. The summed E-state index contributed by atoms with van der Waals surface area (Å²) in [7, 11) is 0. The van der Waals surface area contributed by atoms with E-state index in [2.05, 4.69) is 13.0 Å². The molecule has 3 fully saturated rings. The maximum atomic E-state index is 15.0. The van der Waals surface area contributed by atoms with E-state index >= 15 is 4.39 Å². The second-order valence-corrected chi connectivity index (χ2v) is 8.86. The van der Waals surface area contributed by atoms with Crippen LogP contribution in [0.4, 0.5) is 4.39 Å². The normalized spacial score (nSPS) is 57.6. The van der Waals surface area contributed by atoms with Crippen molar-refractivity contribution in [3.8, 4) is 0 Å². The van der Waals surface area contributed by atoms with Gasteiger partial charge in [0, 0.05) is 11.8 Å². The predicted molar refractivity (Wildman–Crippen MR) is 84.0 cm³/mol. The van der Waals surface area contributed by atoms with Gasteiger partial charge in [0.2, 0.25) is 0 Å². The van der Waals surface area contributed by atoms with Crippen LogP contribution in [0.15, 0.2) is 11.6 Å². The second kappa shape index (κ2) is 4.80. The highest BCUT2D eigenvalue weighted by atomic mass is 19.1. The minimum Gasteiger partial charge on any atom is -0.390 e. The smallest absolute Gasteiger partial charge is 0.112 e. The van der Waals surface area contributed by atoms with Gasteiger partial charge >= 0.3 is 0 Å². The van der Waals surface area contributed by atoms with E-state index in [9.17, 15) is 10.2 Å². The van der Waals surface area contributed by atoms with Gasteiger partial charge in [0.15, 0.2) is 0 Å². The van der Waals surface area contributed by atoms with Crippen LogP contribution in [-0.2, 0) is 0 Å². The Kier molecular flexibility index (Phi) is 3.30. The summed E-state index contributed by atoms with van der Waals surface area (Å²) in [5, 5.41) is 20.4. The number of halogens is 1. The molecule has 0 aromatic rings. The number of fused-ring (bicyclic) bond motifs is 5. The van der Waals surface area contributed by atoms with Crippen molar-refractivity contribution < 1.29 is 14.6 Å². The standard InChI is InChI=1S/C19H29FO2/c1-18-8-3-4-12(18)11-5-6-14-17(22)15(21)10-16(20)19(14,2)13(11)7-9-18/h6,11-13,15-17,21-22H,3-5,7-10H2,1-2H3/t11-,12-,13-,15-,16-,17-,18-,19+/m0/s1. The molecule has 0 aromatic heterocycles. The Hall–Kier alpha value is -0.410. The number of hydrogen-bond donors (Lipinski definition) is 2. The van der Waals surface area contributed by atoms with Crippen LogP contribution in [0.1, 0.15) is 58.8 Å². The lowest BCUT2D eigenvalue weighted by Gasteiger charge is -2.58. The number of alkyl halides is 1. The topological polar surface area (TPSA) is 40.5 Å². The Morgan fingerprint density at radius 2 is 1.91 bits per heavy atom. The summed E-state index contributed by atoms with van der Waals surface area (Å²) >= 11 is 0. The summed E-state index contributed by atoms with van der Waals surface area (Å²) in [6, 6.07) is 0. The van der Waals surface area contributed by atoms with E-state index in [1.54, 1.807) is 0 Å². The largest absolute Gasteiger partial charge is 0.390 e. The molecule has 0 spiro atoms. The van der Waals surface area contributed by atoms with E-state index in [0.29, 0.717) is 17.3 Å². The third-order valence-electron chi connectivity index (χ3n) is 8.00. The molecule has 3 saturated carbocycles. The Bertz CT molecular complexity index is 504. The fourth-order valence-corrected chi connectivity index (χ4v) is 6.70. The maximum Gasteiger partial charge on any atom is 0.112 e. The van der Waals surface area contributed by atoms with Crippen LogP contribution < -0.4 is 0 Å². The van der Waals surface area contributed by atoms with E-state index in [-0.39, 0.29) is 6.42 Å². The molecule has 4 aliphatic rings. The molecule has 8 atom stereocenters. The number of allylic oxidation sites excluding steroid dienone is 1. The van der Waals surface area contributed by atoms with Gasteiger partial charge in [-0.3, -0.25) is 0 Å². The lowest BCUT2D eigenvalue weighted by molar-refractivity contribution is -0.104. The first-order chi connectivity index (χ1) is 10.4. The Morgan fingerprint density at radius 3 is 2.68 bits per heavy atom. The van der Waals surface area contributed by atoms with Crippen molar-refractivity contribution in [1.82, 2.24) is 0 Å². The predicted octanol–water partition coefficient (Wildman–Crippen LogP) is 3.62. The summed E-state index contributed by atoms with van der Waals surface area (Å²) in [6.45, 7) is 4.46. The summed E-state index contributed by atoms with van der Waals surface area (Å²) in [6.07, 6.45) is 6.52. The first-order valence-corrected chi connectivity index (χ1v) is 9.08. The Labute approximate surface area is 132 Å².